The van der Waals surface area contributed by atoms with Gasteiger partial charge in [-0.1, -0.05) is 0 Å². The maximum atomic E-state index is 2.41. The number of hydrogen-bond acceptors (Lipinski definition) is 0. The normalized spacial score (nSPS) is 15.3. The molecule has 0 fully saturated rings. The van der Waals surface area contributed by atoms with E-state index >= 15 is 0 Å². The van der Waals surface area contributed by atoms with Crippen molar-refractivity contribution in [2.24, 2.45) is 5.92 Å². The fourth-order valence-corrected chi connectivity index (χ4v) is 6.54. The minimum atomic E-state index is -0.277. The maximum Gasteiger partial charge on any atom is -1.00 e. The second-order valence-electron chi connectivity index (χ2n) is 5.89. The van der Waals surface area contributed by atoms with Crippen LogP contribution in [-0.4, -0.2) is 9.52 Å². The van der Waals surface area contributed by atoms with Gasteiger partial charge in [-0.05, 0) is 0 Å². The quantitative estimate of drug-likeness (QED) is 0.402. The Balaban J connectivity index is 0. The van der Waals surface area contributed by atoms with E-state index in [1.54, 1.807) is 20.2 Å². The van der Waals surface area contributed by atoms with Gasteiger partial charge in [0.1, 0.15) is 0 Å². The number of rotatable bonds is 6. The first-order valence-corrected chi connectivity index (χ1v) is 10.1. The summed E-state index contributed by atoms with van der Waals surface area (Å²) >= 11 is 2.37. The Morgan fingerprint density at radius 1 is 1.09 bits per heavy atom. The molecule has 5 heteroatoms. The molecule has 0 radical (unpaired) electrons. The van der Waals surface area contributed by atoms with Gasteiger partial charge in [0.25, 0.3) is 0 Å². The third-order valence-corrected chi connectivity index (χ3v) is 7.26. The first-order chi connectivity index (χ1) is 9.67. The Morgan fingerprint density at radius 3 is 2.22 bits per heavy atom. The minimum Gasteiger partial charge on any atom is -1.00 e. The smallest absolute Gasteiger partial charge is 1.00 e. The molecule has 0 nitrogen and oxygen atoms in total. The summed E-state index contributed by atoms with van der Waals surface area (Å²) in [6, 6.07) is 11.1. The van der Waals surface area contributed by atoms with Gasteiger partial charge in [-0.15, -0.1) is 0 Å². The number of benzene rings is 1. The molecule has 0 aromatic heterocycles. The SMILES string of the molecule is CCCC1=[C]([Ti+3])C(C(C)CC)=C([SiH2]c2ccccc2)C1.[Cl-].[Cl-].[Cl-]. The van der Waals surface area contributed by atoms with Gasteiger partial charge in [-0.3, -0.25) is 0 Å². The molecule has 0 saturated heterocycles. The van der Waals surface area contributed by atoms with Crippen molar-refractivity contribution in [3.8, 4) is 0 Å². The summed E-state index contributed by atoms with van der Waals surface area (Å²) in [6.07, 6.45) is 5.11. The summed E-state index contributed by atoms with van der Waals surface area (Å²) in [5, 5.41) is 3.40. The summed E-state index contributed by atoms with van der Waals surface area (Å²) in [4.78, 5) is 0. The van der Waals surface area contributed by atoms with Gasteiger partial charge < -0.3 is 37.2 Å². The molecule has 0 heterocycles. The molecular formula is C18H25Cl3SiTi. The maximum absolute atomic E-state index is 2.41. The number of allylic oxidation sites excluding steroid dienone is 4. The molecule has 1 atom stereocenters. The Bertz CT molecular complexity index is 526. The van der Waals surface area contributed by atoms with Crippen LogP contribution in [0.15, 0.2) is 50.6 Å². The second kappa shape index (κ2) is 12.8. The van der Waals surface area contributed by atoms with E-state index in [0.29, 0.717) is 0 Å². The fourth-order valence-electron chi connectivity index (χ4n) is 3.12. The van der Waals surface area contributed by atoms with Crippen molar-refractivity contribution >= 4 is 14.7 Å². The molecule has 23 heavy (non-hydrogen) atoms. The van der Waals surface area contributed by atoms with E-state index in [1.165, 1.54) is 25.7 Å². The second-order valence-corrected chi connectivity index (χ2v) is 8.70. The van der Waals surface area contributed by atoms with E-state index in [1.807, 2.05) is 5.20 Å². The Hall–Kier alpha value is 0.501. The molecule has 0 aliphatic heterocycles. The molecule has 126 valence electrons. The predicted octanol–water partition coefficient (Wildman–Crippen LogP) is -5.20. The standard InChI is InChI=1S/C18H25Si.3ClH.Ti/c1-4-9-15-12-17(14(3)5-2)18(13-15)19-16-10-7-6-8-11-16;;;;/h6-8,10-11,14H,4-5,9,13,19H2,1-3H3;3*1H;/q;;;;+3/p-3. The van der Waals surface area contributed by atoms with Crippen molar-refractivity contribution in [3.63, 3.8) is 0 Å². The van der Waals surface area contributed by atoms with Crippen LogP contribution in [0.2, 0.25) is 0 Å². The van der Waals surface area contributed by atoms with Gasteiger partial charge in [0, 0.05) is 0 Å². The molecule has 0 N–H and O–H groups in total. The van der Waals surface area contributed by atoms with Crippen LogP contribution in [-0.2, 0) is 20.4 Å². The topological polar surface area (TPSA) is 0 Å². The van der Waals surface area contributed by atoms with Crippen molar-refractivity contribution in [2.45, 2.75) is 46.5 Å². The monoisotopic (exact) mass is 422 g/mol. The van der Waals surface area contributed by atoms with Crippen LogP contribution in [0, 0.1) is 5.92 Å². The summed E-state index contributed by atoms with van der Waals surface area (Å²) in [5.74, 6) is 0.732. The molecule has 0 saturated carbocycles. The summed E-state index contributed by atoms with van der Waals surface area (Å²) in [5.41, 5.74) is 3.45. The first-order valence-electron chi connectivity index (χ1n) is 7.87. The number of hydrogen-bond donors (Lipinski definition) is 0. The molecule has 2 rings (SSSR count). The van der Waals surface area contributed by atoms with Crippen LogP contribution in [0.5, 0.6) is 0 Å². The fraction of sp³-hybridized carbons (Fsp3) is 0.444. The van der Waals surface area contributed by atoms with Crippen molar-refractivity contribution in [2.75, 3.05) is 0 Å². The molecular weight excluding hydrogens is 399 g/mol. The van der Waals surface area contributed by atoms with E-state index < -0.39 is 0 Å². The van der Waals surface area contributed by atoms with E-state index in [-0.39, 0.29) is 46.7 Å². The molecule has 1 aromatic rings. The summed E-state index contributed by atoms with van der Waals surface area (Å²) in [7, 11) is -0.277. The van der Waals surface area contributed by atoms with Crippen LogP contribution in [0.1, 0.15) is 46.5 Å². The van der Waals surface area contributed by atoms with Gasteiger partial charge in [0.15, 0.2) is 0 Å². The Kier molecular flexibility index (Phi) is 14.3. The van der Waals surface area contributed by atoms with Crippen LogP contribution in [0.25, 0.3) is 0 Å². The van der Waals surface area contributed by atoms with Gasteiger partial charge in [0.2, 0.25) is 0 Å². The van der Waals surface area contributed by atoms with Gasteiger partial charge >= 0.3 is 138 Å². The molecule has 1 unspecified atom stereocenters. The average Bonchev–Trinajstić information content (AvgIpc) is 2.76. The summed E-state index contributed by atoms with van der Waals surface area (Å²) < 4.78 is 1.64. The minimum absolute atomic E-state index is 0. The van der Waals surface area contributed by atoms with E-state index in [0.717, 1.165) is 5.92 Å². The Labute approximate surface area is 174 Å². The first kappa shape index (κ1) is 25.7. The van der Waals surface area contributed by atoms with Crippen LogP contribution in [0.3, 0.4) is 0 Å². The zero-order chi connectivity index (χ0) is 14.5. The molecule has 0 spiro atoms. The summed E-state index contributed by atoms with van der Waals surface area (Å²) in [6.45, 7) is 7.04. The average molecular weight is 424 g/mol. The Morgan fingerprint density at radius 2 is 1.70 bits per heavy atom. The zero-order valence-corrected chi connectivity index (χ0v) is 19.4. The van der Waals surface area contributed by atoms with Crippen LogP contribution < -0.4 is 42.4 Å². The molecule has 0 bridgehead atoms. The van der Waals surface area contributed by atoms with Gasteiger partial charge in [0.05, 0.1) is 0 Å². The third-order valence-electron chi connectivity index (χ3n) is 4.35. The molecule has 1 aliphatic rings. The third kappa shape index (κ3) is 6.72. The molecule has 1 aromatic carbocycles. The zero-order valence-electron chi connectivity index (χ0n) is 14.1. The van der Waals surface area contributed by atoms with Crippen LogP contribution >= 0.6 is 0 Å². The van der Waals surface area contributed by atoms with Crippen molar-refractivity contribution in [1.82, 2.24) is 0 Å². The number of halogens is 3. The van der Waals surface area contributed by atoms with E-state index in [9.17, 15) is 0 Å². The van der Waals surface area contributed by atoms with Gasteiger partial charge in [-0.25, -0.2) is 0 Å². The van der Waals surface area contributed by atoms with Crippen molar-refractivity contribution < 1.29 is 57.7 Å². The van der Waals surface area contributed by atoms with E-state index in [2.05, 4.69) is 71.5 Å². The molecule has 0 amide bonds. The van der Waals surface area contributed by atoms with Gasteiger partial charge in [-0.2, -0.15) is 0 Å². The largest absolute Gasteiger partial charge is 1.00 e. The van der Waals surface area contributed by atoms with Crippen LogP contribution in [0.4, 0.5) is 0 Å². The molecule has 1 aliphatic carbocycles. The van der Waals surface area contributed by atoms with E-state index in [4.69, 9.17) is 0 Å². The predicted molar refractivity (Wildman–Crippen MR) is 87.7 cm³/mol. The van der Waals surface area contributed by atoms with Crippen molar-refractivity contribution in [1.29, 1.82) is 0 Å². The van der Waals surface area contributed by atoms with Crippen molar-refractivity contribution in [3.05, 3.63) is 50.6 Å².